The van der Waals surface area contributed by atoms with Crippen molar-refractivity contribution in [3.8, 4) is 0 Å². The number of hydrogen-bond donors (Lipinski definition) is 0. The number of carbonyl (C=O) groups excluding carboxylic acids is 1. The molecule has 0 unspecified atom stereocenters. The molecule has 6 heteroatoms. The van der Waals surface area contributed by atoms with Crippen LogP contribution in [0, 0.1) is 10.1 Å². The Hall–Kier alpha value is -3.02. The summed E-state index contributed by atoms with van der Waals surface area (Å²) in [5.74, 6) is -0.0919. The minimum atomic E-state index is -0.436. The number of unbranched alkanes of at least 4 members (excludes halogenated alkanes) is 9. The van der Waals surface area contributed by atoms with Crippen molar-refractivity contribution in [2.45, 2.75) is 84.0 Å². The molecule has 0 atom stereocenters. The number of hydrogen-bond acceptors (Lipinski definition) is 4. The summed E-state index contributed by atoms with van der Waals surface area (Å²) in [6, 6.07) is 14.2. The van der Waals surface area contributed by atoms with E-state index in [-0.39, 0.29) is 18.0 Å². The molecule has 0 aliphatic carbocycles. The van der Waals surface area contributed by atoms with Gasteiger partial charge in [-0.1, -0.05) is 76.8 Å². The number of amides is 1. The molecule has 176 valence electrons. The van der Waals surface area contributed by atoms with Crippen LogP contribution in [0.1, 0.15) is 88.7 Å². The molecule has 1 aliphatic rings. The molecular weight excluding hydrogens is 414 g/mol. The van der Waals surface area contributed by atoms with E-state index in [9.17, 15) is 14.9 Å². The second-order valence-corrected chi connectivity index (χ2v) is 8.83. The molecule has 0 saturated heterocycles. The van der Waals surface area contributed by atoms with Gasteiger partial charge < -0.3 is 0 Å². The van der Waals surface area contributed by atoms with Crippen LogP contribution < -0.4 is 5.01 Å². The highest BCUT2D eigenvalue weighted by atomic mass is 16.6. The van der Waals surface area contributed by atoms with Gasteiger partial charge in [0.1, 0.15) is 0 Å². The van der Waals surface area contributed by atoms with E-state index in [4.69, 9.17) is 0 Å². The Balaban J connectivity index is 1.43. The first-order chi connectivity index (χ1) is 16.1. The number of anilines is 1. The topological polar surface area (TPSA) is 75.8 Å². The lowest BCUT2D eigenvalue weighted by molar-refractivity contribution is -0.384. The zero-order chi connectivity index (χ0) is 23.5. The lowest BCUT2D eigenvalue weighted by Crippen LogP contribution is -2.19. The van der Waals surface area contributed by atoms with Crippen molar-refractivity contribution in [3.63, 3.8) is 0 Å². The number of nitrogens with zero attached hydrogens (tertiary/aromatic N) is 3. The van der Waals surface area contributed by atoms with Gasteiger partial charge in [0.15, 0.2) is 0 Å². The van der Waals surface area contributed by atoms with Crippen LogP contribution in [0.3, 0.4) is 0 Å². The van der Waals surface area contributed by atoms with Gasteiger partial charge >= 0.3 is 0 Å². The van der Waals surface area contributed by atoms with E-state index in [2.05, 4.69) is 24.2 Å². The van der Waals surface area contributed by atoms with Crippen LogP contribution >= 0.6 is 0 Å². The first-order valence-electron chi connectivity index (χ1n) is 12.3. The van der Waals surface area contributed by atoms with Crippen molar-refractivity contribution in [1.29, 1.82) is 0 Å². The number of rotatable bonds is 14. The van der Waals surface area contributed by atoms with Gasteiger partial charge in [0.05, 0.1) is 22.7 Å². The molecule has 0 bridgehead atoms. The van der Waals surface area contributed by atoms with E-state index in [1.54, 1.807) is 12.1 Å². The van der Waals surface area contributed by atoms with Crippen LogP contribution in [0.25, 0.3) is 0 Å². The number of nitro benzene ring substituents is 1. The largest absolute Gasteiger partial charge is 0.272 e. The Labute approximate surface area is 196 Å². The predicted molar refractivity (Wildman–Crippen MR) is 134 cm³/mol. The van der Waals surface area contributed by atoms with Crippen molar-refractivity contribution in [1.82, 2.24) is 0 Å². The number of hydrazone groups is 1. The number of non-ortho nitro benzene ring substituents is 1. The minimum absolute atomic E-state index is 0.0264. The van der Waals surface area contributed by atoms with Crippen LogP contribution in [0.5, 0.6) is 0 Å². The molecule has 0 radical (unpaired) electrons. The molecule has 1 heterocycles. The summed E-state index contributed by atoms with van der Waals surface area (Å²) in [5.41, 5.74) is 3.42. The monoisotopic (exact) mass is 449 g/mol. The highest BCUT2D eigenvalue weighted by molar-refractivity contribution is 6.19. The third-order valence-electron chi connectivity index (χ3n) is 6.19. The summed E-state index contributed by atoms with van der Waals surface area (Å²) < 4.78 is 0. The van der Waals surface area contributed by atoms with E-state index in [1.165, 1.54) is 86.9 Å². The number of aryl methyl sites for hydroxylation is 1. The maximum Gasteiger partial charge on any atom is 0.269 e. The summed E-state index contributed by atoms with van der Waals surface area (Å²) in [6.45, 7) is 2.26. The number of nitro groups is 1. The fourth-order valence-electron chi connectivity index (χ4n) is 4.19. The summed E-state index contributed by atoms with van der Waals surface area (Å²) in [4.78, 5) is 22.9. The highest BCUT2D eigenvalue weighted by Gasteiger charge is 2.26. The first kappa shape index (κ1) is 24.6. The van der Waals surface area contributed by atoms with E-state index in [0.29, 0.717) is 5.71 Å². The van der Waals surface area contributed by atoms with E-state index in [0.717, 1.165) is 17.7 Å². The van der Waals surface area contributed by atoms with Gasteiger partial charge in [-0.05, 0) is 48.2 Å². The zero-order valence-electron chi connectivity index (χ0n) is 19.7. The Bertz CT molecular complexity index is 936. The molecule has 0 N–H and O–H groups in total. The molecule has 33 heavy (non-hydrogen) atoms. The first-order valence-corrected chi connectivity index (χ1v) is 12.3. The molecule has 2 aromatic carbocycles. The molecule has 0 aromatic heterocycles. The summed E-state index contributed by atoms with van der Waals surface area (Å²) in [5, 5.41) is 16.7. The number of benzene rings is 2. The second kappa shape index (κ2) is 12.9. The second-order valence-electron chi connectivity index (χ2n) is 8.83. The van der Waals surface area contributed by atoms with Crippen molar-refractivity contribution in [2.24, 2.45) is 5.10 Å². The van der Waals surface area contributed by atoms with Crippen LogP contribution in [0.15, 0.2) is 53.6 Å². The molecule has 0 fully saturated rings. The Morgan fingerprint density at radius 1 is 0.848 bits per heavy atom. The van der Waals surface area contributed by atoms with Gasteiger partial charge in [-0.25, -0.2) is 5.01 Å². The van der Waals surface area contributed by atoms with Gasteiger partial charge in [0, 0.05) is 12.1 Å². The summed E-state index contributed by atoms with van der Waals surface area (Å²) in [7, 11) is 0. The summed E-state index contributed by atoms with van der Waals surface area (Å²) >= 11 is 0. The van der Waals surface area contributed by atoms with Crippen molar-refractivity contribution in [2.75, 3.05) is 5.01 Å². The predicted octanol–water partition coefficient (Wildman–Crippen LogP) is 7.20. The molecule has 0 saturated carbocycles. The molecule has 1 amide bonds. The zero-order valence-corrected chi connectivity index (χ0v) is 19.7. The van der Waals surface area contributed by atoms with Gasteiger partial charge in [-0.3, -0.25) is 14.9 Å². The Morgan fingerprint density at radius 2 is 1.42 bits per heavy atom. The third kappa shape index (κ3) is 7.52. The van der Waals surface area contributed by atoms with Crippen molar-refractivity contribution in [3.05, 3.63) is 69.8 Å². The maximum atomic E-state index is 12.5. The smallest absolute Gasteiger partial charge is 0.269 e. The number of carbonyl (C=O) groups is 1. The normalized spacial score (nSPS) is 13.4. The molecular formula is C27H35N3O3. The lowest BCUT2D eigenvalue weighted by atomic mass is 10.0. The van der Waals surface area contributed by atoms with Gasteiger partial charge in [-0.2, -0.15) is 5.10 Å². The van der Waals surface area contributed by atoms with Crippen LogP contribution in [-0.4, -0.2) is 16.5 Å². The average Bonchev–Trinajstić information content (AvgIpc) is 3.22. The molecule has 1 aliphatic heterocycles. The van der Waals surface area contributed by atoms with Gasteiger partial charge in [-0.15, -0.1) is 0 Å². The molecule has 0 spiro atoms. The van der Waals surface area contributed by atoms with Crippen LogP contribution in [0.2, 0.25) is 0 Å². The molecule has 3 rings (SSSR count). The van der Waals surface area contributed by atoms with Gasteiger partial charge in [0.2, 0.25) is 0 Å². The minimum Gasteiger partial charge on any atom is -0.272 e. The quantitative estimate of drug-likeness (QED) is 0.174. The fraction of sp³-hybridized carbons (Fsp3) is 0.481. The lowest BCUT2D eigenvalue weighted by Gasteiger charge is -2.12. The fourth-order valence-corrected chi connectivity index (χ4v) is 4.19. The SMILES string of the molecule is CCCCCCCCCCCCc1ccc(N2N=C(c3ccc([N+](=O)[O-])cc3)CC2=O)cc1. The maximum absolute atomic E-state index is 12.5. The Kier molecular flexibility index (Phi) is 9.60. The van der Waals surface area contributed by atoms with Crippen molar-refractivity contribution < 1.29 is 9.72 Å². The Morgan fingerprint density at radius 3 is 2.00 bits per heavy atom. The van der Waals surface area contributed by atoms with E-state index in [1.807, 2.05) is 12.1 Å². The summed E-state index contributed by atoms with van der Waals surface area (Å²) in [6.07, 6.45) is 14.6. The molecule has 6 nitrogen and oxygen atoms in total. The highest BCUT2D eigenvalue weighted by Crippen LogP contribution is 2.25. The van der Waals surface area contributed by atoms with Crippen LogP contribution in [0.4, 0.5) is 11.4 Å². The van der Waals surface area contributed by atoms with Crippen LogP contribution in [-0.2, 0) is 11.2 Å². The average molecular weight is 450 g/mol. The van der Waals surface area contributed by atoms with Crippen molar-refractivity contribution >= 4 is 23.0 Å². The third-order valence-corrected chi connectivity index (χ3v) is 6.19. The van der Waals surface area contributed by atoms with Gasteiger partial charge in [0.25, 0.3) is 11.6 Å². The molecule has 2 aromatic rings. The van der Waals surface area contributed by atoms with E-state index < -0.39 is 4.92 Å². The van der Waals surface area contributed by atoms with E-state index >= 15 is 0 Å². The standard InChI is InChI=1S/C27H35N3O3/c1-2-3-4-5-6-7-8-9-10-11-12-22-13-17-24(18-14-22)29-27(31)21-26(28-29)23-15-19-25(20-16-23)30(32)33/h13-20H,2-12,21H2,1H3.